The van der Waals surface area contributed by atoms with Crippen molar-refractivity contribution in [3.63, 3.8) is 0 Å². The first-order valence-corrected chi connectivity index (χ1v) is 9.92. The molecule has 3 aromatic rings. The van der Waals surface area contributed by atoms with Crippen LogP contribution in [-0.4, -0.2) is 11.7 Å². The van der Waals surface area contributed by atoms with E-state index >= 15 is 0 Å². The summed E-state index contributed by atoms with van der Waals surface area (Å²) in [6.45, 7) is 0. The van der Waals surface area contributed by atoms with Gasteiger partial charge in [-0.3, -0.25) is 9.59 Å². The van der Waals surface area contributed by atoms with Crippen LogP contribution in [-0.2, 0) is 11.0 Å². The van der Waals surface area contributed by atoms with Gasteiger partial charge in [0.05, 0.1) is 11.6 Å². The number of benzene rings is 3. The zero-order valence-electron chi connectivity index (χ0n) is 16.2. The number of hydrogen-bond donors (Lipinski definition) is 1. The third-order valence-electron chi connectivity index (χ3n) is 4.32. The van der Waals surface area contributed by atoms with Crippen LogP contribution in [0.2, 0.25) is 0 Å². The van der Waals surface area contributed by atoms with Crippen molar-refractivity contribution in [2.24, 2.45) is 5.92 Å². The van der Waals surface area contributed by atoms with E-state index in [1.807, 2.05) is 0 Å². The summed E-state index contributed by atoms with van der Waals surface area (Å²) in [6, 6.07) is 18.3. The SMILES string of the molecule is N#CC(C(=O)Nc1ccc(C(F)(F)F)cc1)C(=O)c1ccc(Oc2ccc(Br)cc2)cc1. The van der Waals surface area contributed by atoms with Gasteiger partial charge in [0.25, 0.3) is 0 Å². The number of nitrogens with one attached hydrogen (secondary N) is 1. The van der Waals surface area contributed by atoms with Crippen molar-refractivity contribution in [3.8, 4) is 17.6 Å². The van der Waals surface area contributed by atoms with Crippen LogP contribution in [0.4, 0.5) is 18.9 Å². The Kier molecular flexibility index (Phi) is 6.95. The number of ether oxygens (including phenoxy) is 1. The molecule has 1 unspecified atom stereocenters. The Morgan fingerprint density at radius 3 is 1.94 bits per heavy atom. The maximum Gasteiger partial charge on any atom is 0.416 e. The van der Waals surface area contributed by atoms with Crippen molar-refractivity contribution in [1.82, 2.24) is 0 Å². The predicted molar refractivity (Wildman–Crippen MR) is 114 cm³/mol. The molecule has 0 heterocycles. The molecule has 0 aromatic heterocycles. The molecule has 3 aromatic carbocycles. The standard InChI is InChI=1S/C23H14BrF3N2O3/c24-16-5-11-19(12-6-16)32-18-9-1-14(2-10-18)21(30)20(13-28)22(31)29-17-7-3-15(4-8-17)23(25,26)27/h1-12,20H,(H,29,31). The molecule has 0 aliphatic rings. The second kappa shape index (κ2) is 9.66. The molecule has 0 aliphatic carbocycles. The molecular formula is C23H14BrF3N2O3. The fourth-order valence-corrected chi connectivity index (χ4v) is 2.95. The molecule has 0 aliphatic heterocycles. The van der Waals surface area contributed by atoms with E-state index in [0.29, 0.717) is 11.5 Å². The summed E-state index contributed by atoms with van der Waals surface area (Å²) in [5.41, 5.74) is -0.731. The van der Waals surface area contributed by atoms with E-state index in [-0.39, 0.29) is 11.3 Å². The third kappa shape index (κ3) is 5.74. The van der Waals surface area contributed by atoms with Crippen molar-refractivity contribution in [2.45, 2.75) is 6.18 Å². The largest absolute Gasteiger partial charge is 0.457 e. The lowest BCUT2D eigenvalue weighted by molar-refractivity contribution is -0.137. The van der Waals surface area contributed by atoms with Crippen molar-refractivity contribution in [1.29, 1.82) is 5.26 Å². The highest BCUT2D eigenvalue weighted by Gasteiger charge is 2.31. The second-order valence-electron chi connectivity index (χ2n) is 6.57. The quantitative estimate of drug-likeness (QED) is 0.320. The minimum absolute atomic E-state index is 0.0364. The van der Waals surface area contributed by atoms with Crippen LogP contribution in [0.25, 0.3) is 0 Å². The number of ketones is 1. The number of carbonyl (C=O) groups is 2. The normalized spacial score (nSPS) is 11.8. The van der Waals surface area contributed by atoms with Gasteiger partial charge >= 0.3 is 6.18 Å². The fourth-order valence-electron chi connectivity index (χ4n) is 2.69. The number of rotatable bonds is 6. The first-order valence-electron chi connectivity index (χ1n) is 9.13. The topological polar surface area (TPSA) is 79.2 Å². The molecule has 0 bridgehead atoms. The van der Waals surface area contributed by atoms with E-state index < -0.39 is 29.3 Å². The molecule has 0 saturated carbocycles. The summed E-state index contributed by atoms with van der Waals surface area (Å²) >= 11 is 3.32. The Morgan fingerprint density at radius 2 is 1.44 bits per heavy atom. The van der Waals surface area contributed by atoms with Crippen LogP contribution < -0.4 is 10.1 Å². The molecule has 1 N–H and O–H groups in total. The lowest BCUT2D eigenvalue weighted by Gasteiger charge is -2.12. The molecule has 9 heteroatoms. The first-order chi connectivity index (χ1) is 15.2. The smallest absolute Gasteiger partial charge is 0.416 e. The van der Waals surface area contributed by atoms with E-state index in [4.69, 9.17) is 4.74 Å². The highest BCUT2D eigenvalue weighted by molar-refractivity contribution is 9.10. The van der Waals surface area contributed by atoms with Crippen molar-refractivity contribution < 1.29 is 27.5 Å². The van der Waals surface area contributed by atoms with Crippen LogP contribution in [0.5, 0.6) is 11.5 Å². The zero-order chi connectivity index (χ0) is 23.3. The second-order valence-corrected chi connectivity index (χ2v) is 7.49. The molecule has 0 spiro atoms. The molecule has 3 rings (SSSR count). The van der Waals surface area contributed by atoms with Gasteiger partial charge < -0.3 is 10.1 Å². The van der Waals surface area contributed by atoms with E-state index in [9.17, 15) is 28.0 Å². The molecule has 32 heavy (non-hydrogen) atoms. The van der Waals surface area contributed by atoms with Crippen molar-refractivity contribution in [2.75, 3.05) is 5.32 Å². The van der Waals surface area contributed by atoms with Gasteiger partial charge in [-0.05, 0) is 72.8 Å². The molecule has 0 radical (unpaired) electrons. The average molecular weight is 503 g/mol. The average Bonchev–Trinajstić information content (AvgIpc) is 2.76. The predicted octanol–water partition coefficient (Wildman–Crippen LogP) is 6.22. The molecular weight excluding hydrogens is 489 g/mol. The van der Waals surface area contributed by atoms with Gasteiger partial charge in [0.1, 0.15) is 11.5 Å². The summed E-state index contributed by atoms with van der Waals surface area (Å²) in [6.07, 6.45) is -4.51. The fraction of sp³-hybridized carbons (Fsp3) is 0.0870. The molecule has 1 amide bonds. The van der Waals surface area contributed by atoms with Gasteiger partial charge in [-0.15, -0.1) is 0 Å². The number of alkyl halides is 3. The minimum Gasteiger partial charge on any atom is -0.457 e. The molecule has 1 atom stereocenters. The maximum absolute atomic E-state index is 12.6. The van der Waals surface area contributed by atoms with Crippen LogP contribution in [0.1, 0.15) is 15.9 Å². The van der Waals surface area contributed by atoms with Gasteiger partial charge in [-0.2, -0.15) is 18.4 Å². The van der Waals surface area contributed by atoms with E-state index in [1.54, 1.807) is 30.3 Å². The Balaban J connectivity index is 1.67. The van der Waals surface area contributed by atoms with Crippen molar-refractivity contribution >= 4 is 33.3 Å². The lowest BCUT2D eigenvalue weighted by Crippen LogP contribution is -2.28. The number of amides is 1. The Labute approximate surface area is 189 Å². The molecule has 5 nitrogen and oxygen atoms in total. The van der Waals surface area contributed by atoms with E-state index in [2.05, 4.69) is 21.2 Å². The number of carbonyl (C=O) groups excluding carboxylic acids is 2. The summed E-state index contributed by atoms with van der Waals surface area (Å²) in [5, 5.41) is 11.6. The van der Waals surface area contributed by atoms with Crippen LogP contribution in [0, 0.1) is 17.2 Å². The minimum atomic E-state index is -4.51. The number of nitrogens with zero attached hydrogens (tertiary/aromatic N) is 1. The van der Waals surface area contributed by atoms with Gasteiger partial charge in [0.15, 0.2) is 11.7 Å². The monoisotopic (exact) mass is 502 g/mol. The summed E-state index contributed by atoms with van der Waals surface area (Å²) < 4.78 is 44.5. The number of Topliss-reactive ketones (excluding diaryl/α,β-unsaturated/α-hetero) is 1. The molecule has 0 saturated heterocycles. The number of halogens is 4. The number of anilines is 1. The molecule has 162 valence electrons. The highest BCUT2D eigenvalue weighted by atomic mass is 79.9. The Morgan fingerprint density at radius 1 is 0.906 bits per heavy atom. The summed E-state index contributed by atoms with van der Waals surface area (Å²) in [5.74, 6) is -2.32. The van der Waals surface area contributed by atoms with Gasteiger partial charge in [-0.1, -0.05) is 15.9 Å². The van der Waals surface area contributed by atoms with E-state index in [1.165, 1.54) is 24.3 Å². The third-order valence-corrected chi connectivity index (χ3v) is 4.85. The number of nitriles is 1. The summed E-state index contributed by atoms with van der Waals surface area (Å²) in [7, 11) is 0. The lowest BCUT2D eigenvalue weighted by atomic mass is 9.98. The summed E-state index contributed by atoms with van der Waals surface area (Å²) in [4.78, 5) is 25.0. The Bertz CT molecular complexity index is 1150. The zero-order valence-corrected chi connectivity index (χ0v) is 17.8. The van der Waals surface area contributed by atoms with E-state index in [0.717, 1.165) is 28.7 Å². The van der Waals surface area contributed by atoms with Crippen LogP contribution in [0.3, 0.4) is 0 Å². The van der Waals surface area contributed by atoms with Gasteiger partial charge in [0, 0.05) is 15.7 Å². The first kappa shape index (κ1) is 23.0. The number of hydrogen-bond acceptors (Lipinski definition) is 4. The molecule has 0 fully saturated rings. The Hall–Kier alpha value is -3.64. The highest BCUT2D eigenvalue weighted by Crippen LogP contribution is 2.30. The maximum atomic E-state index is 12.6. The van der Waals surface area contributed by atoms with Gasteiger partial charge in [-0.25, -0.2) is 0 Å². The van der Waals surface area contributed by atoms with Crippen molar-refractivity contribution in [3.05, 3.63) is 88.4 Å². The van der Waals surface area contributed by atoms with Gasteiger partial charge in [0.2, 0.25) is 5.91 Å². The van der Waals surface area contributed by atoms with Crippen LogP contribution in [0.15, 0.2) is 77.3 Å². The van der Waals surface area contributed by atoms with Crippen LogP contribution >= 0.6 is 15.9 Å².